The first kappa shape index (κ1) is 19.5. The molecular formula is C24H19ClN2O5. The Kier molecular flexibility index (Phi) is 4.21. The van der Waals surface area contributed by atoms with Crippen LogP contribution >= 0.6 is 11.6 Å². The molecular weight excluding hydrogens is 432 g/mol. The van der Waals surface area contributed by atoms with Crippen molar-refractivity contribution in [1.82, 2.24) is 0 Å². The normalized spacial score (nSPS) is 31.9. The highest BCUT2D eigenvalue weighted by molar-refractivity contribution is 6.30. The van der Waals surface area contributed by atoms with E-state index in [1.807, 2.05) is 24.3 Å². The van der Waals surface area contributed by atoms with E-state index in [1.54, 1.807) is 24.3 Å². The van der Waals surface area contributed by atoms with Crippen molar-refractivity contribution in [1.29, 1.82) is 0 Å². The number of carbonyl (C=O) groups excluding carboxylic acids is 3. The van der Waals surface area contributed by atoms with Crippen LogP contribution in [0.3, 0.4) is 0 Å². The molecule has 2 heterocycles. The van der Waals surface area contributed by atoms with Crippen LogP contribution in [0.5, 0.6) is 5.75 Å². The summed E-state index contributed by atoms with van der Waals surface area (Å²) in [5.41, 5.74) is 2.25. The molecule has 2 aliphatic heterocycles. The highest BCUT2D eigenvalue weighted by Crippen LogP contribution is 2.62. The van der Waals surface area contributed by atoms with Gasteiger partial charge in [0.1, 0.15) is 11.9 Å². The Morgan fingerprint density at radius 1 is 1.00 bits per heavy atom. The third-order valence-corrected chi connectivity index (χ3v) is 7.44. The summed E-state index contributed by atoms with van der Waals surface area (Å²) in [5, 5.41) is 4.99. The van der Waals surface area contributed by atoms with Crippen LogP contribution in [0.15, 0.2) is 53.7 Å². The summed E-state index contributed by atoms with van der Waals surface area (Å²) in [4.78, 5) is 45.0. The number of imide groups is 1. The zero-order valence-electron chi connectivity index (χ0n) is 17.1. The number of rotatable bonds is 3. The largest absolute Gasteiger partial charge is 0.427 e. The van der Waals surface area contributed by atoms with Gasteiger partial charge < -0.3 is 9.57 Å². The molecule has 0 radical (unpaired) electrons. The Morgan fingerprint density at radius 2 is 1.66 bits per heavy atom. The van der Waals surface area contributed by atoms with Gasteiger partial charge in [0.05, 0.1) is 23.2 Å². The number of amides is 2. The van der Waals surface area contributed by atoms with E-state index in [1.165, 1.54) is 11.8 Å². The summed E-state index contributed by atoms with van der Waals surface area (Å²) < 4.78 is 5.05. The van der Waals surface area contributed by atoms with Gasteiger partial charge in [-0.05, 0) is 54.3 Å². The van der Waals surface area contributed by atoms with Gasteiger partial charge in [0.15, 0.2) is 0 Å². The Labute approximate surface area is 188 Å². The van der Waals surface area contributed by atoms with Gasteiger partial charge in [-0.2, -0.15) is 0 Å². The fourth-order valence-corrected chi connectivity index (χ4v) is 6.19. The molecule has 2 aromatic carbocycles. The van der Waals surface area contributed by atoms with Gasteiger partial charge in [0, 0.05) is 23.8 Å². The van der Waals surface area contributed by atoms with Crippen molar-refractivity contribution >= 4 is 40.8 Å². The Bertz CT molecular complexity index is 1180. The lowest BCUT2D eigenvalue weighted by molar-refractivity contribution is -0.132. The SMILES string of the molecule is CC(=O)Oc1ccc(N2C(=O)[C@@H]3[C@H]4C[C@@H]([C@H]5ON=C(c6ccc(Cl)cc6)[C@@H]45)[C@H]3C2=O)cc1. The van der Waals surface area contributed by atoms with E-state index in [2.05, 4.69) is 5.16 Å². The first-order chi connectivity index (χ1) is 15.4. The average molecular weight is 451 g/mol. The van der Waals surface area contributed by atoms with Crippen LogP contribution in [0.4, 0.5) is 5.69 Å². The highest BCUT2D eigenvalue weighted by atomic mass is 35.5. The lowest BCUT2D eigenvalue weighted by Gasteiger charge is -2.29. The van der Waals surface area contributed by atoms with Gasteiger partial charge in [-0.1, -0.05) is 28.9 Å². The highest BCUT2D eigenvalue weighted by Gasteiger charge is 2.70. The molecule has 0 N–H and O–H groups in total. The number of fused-ring (bicyclic) bond motifs is 8. The zero-order valence-corrected chi connectivity index (χ0v) is 17.9. The molecule has 4 aliphatic rings. The van der Waals surface area contributed by atoms with Crippen molar-refractivity contribution in [2.75, 3.05) is 4.90 Å². The van der Waals surface area contributed by atoms with Gasteiger partial charge >= 0.3 is 5.97 Å². The van der Waals surface area contributed by atoms with Gasteiger partial charge in [0.25, 0.3) is 0 Å². The number of oxime groups is 1. The number of ether oxygens (including phenoxy) is 1. The van der Waals surface area contributed by atoms with Crippen LogP contribution in [0.2, 0.25) is 5.02 Å². The number of benzene rings is 2. The van der Waals surface area contributed by atoms with Crippen molar-refractivity contribution < 1.29 is 24.0 Å². The molecule has 8 heteroatoms. The van der Waals surface area contributed by atoms with Crippen molar-refractivity contribution in [3.05, 3.63) is 59.1 Å². The topological polar surface area (TPSA) is 85.3 Å². The summed E-state index contributed by atoms with van der Waals surface area (Å²) in [6.07, 6.45) is 0.600. The van der Waals surface area contributed by atoms with E-state index in [9.17, 15) is 14.4 Å². The van der Waals surface area contributed by atoms with Crippen LogP contribution in [-0.4, -0.2) is 29.6 Å². The molecule has 0 spiro atoms. The van der Waals surface area contributed by atoms with E-state index in [4.69, 9.17) is 21.2 Å². The van der Waals surface area contributed by atoms with Crippen molar-refractivity contribution in [3.63, 3.8) is 0 Å². The number of nitrogens with zero attached hydrogens (tertiary/aromatic N) is 2. The standard InChI is InChI=1S/C24H19ClN2O5/c1-11(28)31-15-8-6-14(7-9-15)27-23(29)18-16-10-17(19(18)24(27)30)22-20(16)21(26-32-22)12-2-4-13(25)5-3-12/h2-9,16-20,22H,10H2,1H3/t16-,17-,18-,19-,20-,22-/m1/s1. The van der Waals surface area contributed by atoms with Crippen LogP contribution in [-0.2, 0) is 19.2 Å². The van der Waals surface area contributed by atoms with Crippen LogP contribution in [0, 0.1) is 29.6 Å². The maximum Gasteiger partial charge on any atom is 0.308 e. The minimum Gasteiger partial charge on any atom is -0.427 e. The number of carbonyl (C=O) groups is 3. The van der Waals surface area contributed by atoms with Crippen LogP contribution in [0.25, 0.3) is 0 Å². The lowest BCUT2D eigenvalue weighted by atomic mass is 9.71. The van der Waals surface area contributed by atoms with Crippen molar-refractivity contribution in [2.24, 2.45) is 34.7 Å². The minimum absolute atomic E-state index is 0.00805. The molecule has 7 nitrogen and oxygen atoms in total. The Morgan fingerprint density at radius 3 is 2.31 bits per heavy atom. The summed E-state index contributed by atoms with van der Waals surface area (Å²) in [6.45, 7) is 1.32. The molecule has 1 saturated heterocycles. The van der Waals surface area contributed by atoms with Crippen molar-refractivity contribution in [3.8, 4) is 5.75 Å². The fourth-order valence-electron chi connectivity index (χ4n) is 6.07. The second-order valence-electron chi connectivity index (χ2n) is 8.79. The molecule has 0 aromatic heterocycles. The smallest absolute Gasteiger partial charge is 0.308 e. The van der Waals surface area contributed by atoms with Gasteiger partial charge in [-0.25, -0.2) is 0 Å². The Balaban J connectivity index is 1.29. The van der Waals surface area contributed by atoms with Crippen molar-refractivity contribution in [2.45, 2.75) is 19.4 Å². The molecule has 2 aromatic rings. The second-order valence-corrected chi connectivity index (χ2v) is 9.23. The Hall–Kier alpha value is -3.19. The van der Waals surface area contributed by atoms with Gasteiger partial charge in [-0.15, -0.1) is 0 Å². The number of hydrogen-bond donors (Lipinski definition) is 0. The molecule has 3 fully saturated rings. The van der Waals surface area contributed by atoms with E-state index < -0.39 is 5.97 Å². The zero-order chi connectivity index (χ0) is 22.1. The predicted molar refractivity (Wildman–Crippen MR) is 115 cm³/mol. The third-order valence-electron chi connectivity index (χ3n) is 7.19. The van der Waals surface area contributed by atoms with Crippen LogP contribution < -0.4 is 9.64 Å². The van der Waals surface area contributed by atoms with E-state index >= 15 is 0 Å². The molecule has 2 bridgehead atoms. The average Bonchev–Trinajstić information content (AvgIpc) is 3.50. The summed E-state index contributed by atoms with van der Waals surface area (Å²) in [7, 11) is 0. The summed E-state index contributed by atoms with van der Waals surface area (Å²) in [5.74, 6) is -1.22. The first-order valence-electron chi connectivity index (χ1n) is 10.6. The van der Waals surface area contributed by atoms with E-state index in [-0.39, 0.29) is 47.5 Å². The summed E-state index contributed by atoms with van der Waals surface area (Å²) >= 11 is 6.03. The van der Waals surface area contributed by atoms with E-state index in [0.717, 1.165) is 17.7 Å². The predicted octanol–water partition coefficient (Wildman–Crippen LogP) is 3.44. The van der Waals surface area contributed by atoms with E-state index in [0.29, 0.717) is 16.5 Å². The number of esters is 1. The second kappa shape index (κ2) is 6.90. The maximum atomic E-state index is 13.4. The maximum absolute atomic E-state index is 13.4. The van der Waals surface area contributed by atoms with Crippen LogP contribution in [0.1, 0.15) is 18.9 Å². The monoisotopic (exact) mass is 450 g/mol. The number of anilines is 1. The molecule has 2 aliphatic carbocycles. The molecule has 2 amide bonds. The quantitative estimate of drug-likeness (QED) is 0.406. The number of halogens is 1. The molecule has 0 unspecified atom stereocenters. The fraction of sp³-hybridized carbons (Fsp3) is 0.333. The molecule has 6 atom stereocenters. The molecule has 6 rings (SSSR count). The number of hydrogen-bond acceptors (Lipinski definition) is 6. The molecule has 2 saturated carbocycles. The molecule has 32 heavy (non-hydrogen) atoms. The van der Waals surface area contributed by atoms with Gasteiger partial charge in [-0.3, -0.25) is 19.3 Å². The summed E-state index contributed by atoms with van der Waals surface area (Å²) in [6, 6.07) is 13.9. The first-order valence-corrected chi connectivity index (χ1v) is 11.0. The van der Waals surface area contributed by atoms with Gasteiger partial charge in [0.2, 0.25) is 11.8 Å². The minimum atomic E-state index is -0.429. The lowest BCUT2D eigenvalue weighted by Crippen LogP contribution is -2.41. The third kappa shape index (κ3) is 2.67. The molecule has 162 valence electrons.